The van der Waals surface area contributed by atoms with Crippen LogP contribution < -0.4 is 5.32 Å². The fourth-order valence-electron chi connectivity index (χ4n) is 4.48. The number of aromatic nitrogens is 2. The third kappa shape index (κ3) is 6.66. The highest BCUT2D eigenvalue weighted by molar-refractivity contribution is 5.91. The van der Waals surface area contributed by atoms with Crippen LogP contribution in [0.4, 0.5) is 19.0 Å². The van der Waals surface area contributed by atoms with E-state index in [4.69, 9.17) is 4.98 Å². The summed E-state index contributed by atoms with van der Waals surface area (Å²) in [6.07, 6.45) is -2.51. The van der Waals surface area contributed by atoms with Gasteiger partial charge in [0.05, 0.1) is 11.1 Å². The standard InChI is InChI=1S/C30H33F3N4/c1-4-37(5-2)18-10-11-21(3)34-29-26-17-16-25(30(31,32)33)20-27(26)35-28(36-29)24-15-9-14-23(19-24)22-12-7-6-8-13-22/h6-9,12-17,19-21H,4-5,10-11,18H2,1-3H3,(H,34,35,36). The van der Waals surface area contributed by atoms with Gasteiger partial charge in [0, 0.05) is 17.0 Å². The first kappa shape index (κ1) is 26.6. The van der Waals surface area contributed by atoms with Crippen LogP contribution in [0, 0.1) is 0 Å². The largest absolute Gasteiger partial charge is 0.416 e. The van der Waals surface area contributed by atoms with Gasteiger partial charge in [-0.15, -0.1) is 0 Å². The lowest BCUT2D eigenvalue weighted by atomic mass is 10.0. The molecule has 0 saturated heterocycles. The fourth-order valence-corrected chi connectivity index (χ4v) is 4.48. The second kappa shape index (κ2) is 11.7. The Morgan fingerprint density at radius 2 is 1.54 bits per heavy atom. The minimum Gasteiger partial charge on any atom is -0.367 e. The van der Waals surface area contributed by atoms with Gasteiger partial charge in [-0.2, -0.15) is 13.2 Å². The monoisotopic (exact) mass is 506 g/mol. The highest BCUT2D eigenvalue weighted by Gasteiger charge is 2.31. The minimum absolute atomic E-state index is 0.0967. The lowest BCUT2D eigenvalue weighted by Gasteiger charge is -2.21. The Morgan fingerprint density at radius 3 is 2.24 bits per heavy atom. The number of anilines is 1. The van der Waals surface area contributed by atoms with E-state index >= 15 is 0 Å². The second-order valence-corrected chi connectivity index (χ2v) is 9.29. The zero-order chi connectivity index (χ0) is 26.4. The molecule has 1 atom stereocenters. The van der Waals surface area contributed by atoms with Crippen LogP contribution in [0.2, 0.25) is 0 Å². The van der Waals surface area contributed by atoms with Crippen LogP contribution >= 0.6 is 0 Å². The number of nitrogens with zero attached hydrogens (tertiary/aromatic N) is 3. The lowest BCUT2D eigenvalue weighted by Crippen LogP contribution is -2.25. The minimum atomic E-state index is -4.45. The third-order valence-electron chi connectivity index (χ3n) is 6.64. The first-order valence-corrected chi connectivity index (χ1v) is 12.8. The van der Waals surface area contributed by atoms with Crippen LogP contribution in [-0.2, 0) is 6.18 Å². The van der Waals surface area contributed by atoms with Gasteiger partial charge in [0.1, 0.15) is 5.82 Å². The summed E-state index contributed by atoms with van der Waals surface area (Å²) in [5.41, 5.74) is 2.33. The molecule has 4 aromatic rings. The van der Waals surface area contributed by atoms with Gasteiger partial charge in [0.2, 0.25) is 0 Å². The summed E-state index contributed by atoms with van der Waals surface area (Å²) in [6, 6.07) is 21.5. The van der Waals surface area contributed by atoms with Crippen molar-refractivity contribution >= 4 is 16.7 Å². The normalized spacial score (nSPS) is 12.7. The number of nitrogens with one attached hydrogen (secondary N) is 1. The molecule has 0 aliphatic carbocycles. The van der Waals surface area contributed by atoms with Gasteiger partial charge in [0.15, 0.2) is 5.82 Å². The molecular formula is C30H33F3N4. The molecule has 3 aromatic carbocycles. The number of alkyl halides is 3. The Labute approximate surface area is 216 Å². The number of fused-ring (bicyclic) bond motifs is 1. The molecule has 0 radical (unpaired) electrons. The Bertz CT molecular complexity index is 1320. The van der Waals surface area contributed by atoms with E-state index in [0.717, 1.165) is 61.3 Å². The van der Waals surface area contributed by atoms with Crippen LogP contribution in [0.5, 0.6) is 0 Å². The third-order valence-corrected chi connectivity index (χ3v) is 6.64. The maximum atomic E-state index is 13.5. The highest BCUT2D eigenvalue weighted by Crippen LogP contribution is 2.34. The number of halogens is 3. The summed E-state index contributed by atoms with van der Waals surface area (Å²) in [7, 11) is 0. The van der Waals surface area contributed by atoms with Crippen molar-refractivity contribution in [2.24, 2.45) is 0 Å². The highest BCUT2D eigenvalue weighted by atomic mass is 19.4. The van der Waals surface area contributed by atoms with Gasteiger partial charge >= 0.3 is 6.18 Å². The second-order valence-electron chi connectivity index (χ2n) is 9.29. The van der Waals surface area contributed by atoms with E-state index in [0.29, 0.717) is 17.0 Å². The van der Waals surface area contributed by atoms with Gasteiger partial charge < -0.3 is 10.2 Å². The van der Waals surface area contributed by atoms with E-state index in [9.17, 15) is 13.2 Å². The quantitative estimate of drug-likeness (QED) is 0.237. The van der Waals surface area contributed by atoms with Crippen molar-refractivity contribution in [3.63, 3.8) is 0 Å². The number of hydrogen-bond acceptors (Lipinski definition) is 4. The summed E-state index contributed by atoms with van der Waals surface area (Å²) in [4.78, 5) is 11.7. The Balaban J connectivity index is 1.70. The van der Waals surface area contributed by atoms with Crippen LogP contribution in [0.15, 0.2) is 72.8 Å². The van der Waals surface area contributed by atoms with Gasteiger partial charge in [-0.25, -0.2) is 9.97 Å². The van der Waals surface area contributed by atoms with Crippen LogP contribution in [0.1, 0.15) is 39.2 Å². The van der Waals surface area contributed by atoms with Crippen molar-refractivity contribution in [1.29, 1.82) is 0 Å². The Hall–Kier alpha value is -3.45. The zero-order valence-electron chi connectivity index (χ0n) is 21.5. The van der Waals surface area contributed by atoms with E-state index in [1.54, 1.807) is 0 Å². The predicted molar refractivity (Wildman–Crippen MR) is 146 cm³/mol. The van der Waals surface area contributed by atoms with Crippen molar-refractivity contribution in [2.45, 2.75) is 45.8 Å². The van der Waals surface area contributed by atoms with Crippen LogP contribution in [0.3, 0.4) is 0 Å². The van der Waals surface area contributed by atoms with Crippen molar-refractivity contribution in [1.82, 2.24) is 14.9 Å². The maximum Gasteiger partial charge on any atom is 0.416 e. The molecule has 4 rings (SSSR count). The molecule has 4 nitrogen and oxygen atoms in total. The molecule has 7 heteroatoms. The Morgan fingerprint density at radius 1 is 0.838 bits per heavy atom. The topological polar surface area (TPSA) is 41.0 Å². The SMILES string of the molecule is CCN(CC)CCCC(C)Nc1nc(-c2cccc(-c3ccccc3)c2)nc2cc(C(F)(F)F)ccc12. The first-order valence-electron chi connectivity index (χ1n) is 12.8. The van der Waals surface area contributed by atoms with Gasteiger partial charge in [-0.1, -0.05) is 62.4 Å². The summed E-state index contributed by atoms with van der Waals surface area (Å²) >= 11 is 0. The molecule has 0 aliphatic heterocycles. The summed E-state index contributed by atoms with van der Waals surface area (Å²) in [5, 5.41) is 4.03. The fraction of sp³-hybridized carbons (Fsp3) is 0.333. The Kier molecular flexibility index (Phi) is 8.44. The predicted octanol–water partition coefficient (Wildman–Crippen LogP) is 7.91. The molecule has 0 bridgehead atoms. The average Bonchev–Trinajstić information content (AvgIpc) is 2.91. The molecule has 0 fully saturated rings. The molecule has 1 unspecified atom stereocenters. The van der Waals surface area contributed by atoms with E-state index in [1.807, 2.05) is 54.6 Å². The summed E-state index contributed by atoms with van der Waals surface area (Å²) in [6.45, 7) is 9.43. The van der Waals surface area contributed by atoms with E-state index < -0.39 is 11.7 Å². The molecule has 1 aromatic heterocycles. The molecule has 0 amide bonds. The molecule has 0 saturated carbocycles. The number of rotatable bonds is 10. The van der Waals surface area contributed by atoms with Crippen LogP contribution in [-0.4, -0.2) is 40.5 Å². The van der Waals surface area contributed by atoms with E-state index in [-0.39, 0.29) is 11.6 Å². The summed E-state index contributed by atoms with van der Waals surface area (Å²) < 4.78 is 40.5. The average molecular weight is 507 g/mol. The smallest absolute Gasteiger partial charge is 0.367 e. The van der Waals surface area contributed by atoms with Gasteiger partial charge in [0.25, 0.3) is 0 Å². The maximum absolute atomic E-state index is 13.5. The molecule has 0 aliphatic rings. The summed E-state index contributed by atoms with van der Waals surface area (Å²) in [5.74, 6) is 0.941. The van der Waals surface area contributed by atoms with Gasteiger partial charge in [-0.3, -0.25) is 0 Å². The molecule has 1 N–H and O–H groups in total. The molecule has 0 spiro atoms. The van der Waals surface area contributed by atoms with Crippen molar-refractivity contribution in [3.8, 4) is 22.5 Å². The lowest BCUT2D eigenvalue weighted by molar-refractivity contribution is -0.137. The van der Waals surface area contributed by atoms with E-state index in [2.05, 4.69) is 36.0 Å². The first-order chi connectivity index (χ1) is 17.8. The number of hydrogen-bond donors (Lipinski definition) is 1. The van der Waals surface area contributed by atoms with E-state index in [1.165, 1.54) is 6.07 Å². The van der Waals surface area contributed by atoms with Crippen molar-refractivity contribution in [2.75, 3.05) is 25.0 Å². The van der Waals surface area contributed by atoms with Crippen molar-refractivity contribution < 1.29 is 13.2 Å². The van der Waals surface area contributed by atoms with Crippen LogP contribution in [0.25, 0.3) is 33.4 Å². The molecule has 37 heavy (non-hydrogen) atoms. The zero-order valence-corrected chi connectivity index (χ0v) is 21.5. The molecule has 1 heterocycles. The molecule has 194 valence electrons. The molecular weight excluding hydrogens is 473 g/mol. The van der Waals surface area contributed by atoms with Crippen molar-refractivity contribution in [3.05, 3.63) is 78.4 Å². The van der Waals surface area contributed by atoms with Gasteiger partial charge in [-0.05, 0) is 74.8 Å². The number of benzene rings is 3.